The van der Waals surface area contributed by atoms with Crippen LogP contribution in [0.15, 0.2) is 62.2 Å². The number of aryl methyl sites for hydroxylation is 1. The molecule has 0 saturated heterocycles. The van der Waals surface area contributed by atoms with Gasteiger partial charge < -0.3 is 9.40 Å². The van der Waals surface area contributed by atoms with Gasteiger partial charge in [-0.3, -0.25) is 4.79 Å². The maximum atomic E-state index is 13.8. The van der Waals surface area contributed by atoms with Gasteiger partial charge in [-0.1, -0.05) is 36.4 Å². The maximum absolute atomic E-state index is 13.8. The number of halogens is 4. The first kappa shape index (κ1) is 19.6. The highest BCUT2D eigenvalue weighted by molar-refractivity contribution is 9.10. The summed E-state index contributed by atoms with van der Waals surface area (Å²) in [5.41, 5.74) is -0.619. The fraction of sp³-hybridized carbons (Fsp3) is 0.0952. The van der Waals surface area contributed by atoms with E-state index in [0.717, 1.165) is 4.52 Å². The molecule has 31 heavy (non-hydrogen) atoms. The van der Waals surface area contributed by atoms with Crippen molar-refractivity contribution in [3.63, 3.8) is 0 Å². The highest BCUT2D eigenvalue weighted by atomic mass is 79.9. The molecule has 3 aromatic heterocycles. The molecule has 0 radical (unpaired) electrons. The number of alkyl halides is 3. The summed E-state index contributed by atoms with van der Waals surface area (Å²) in [6, 6.07) is 13.2. The van der Waals surface area contributed by atoms with E-state index in [2.05, 4.69) is 31.0 Å². The number of aromatic amines is 1. The lowest BCUT2D eigenvalue weighted by Crippen LogP contribution is -2.19. The minimum Gasteiger partial charge on any atom is -0.436 e. The van der Waals surface area contributed by atoms with Crippen LogP contribution in [-0.2, 0) is 6.18 Å². The molecule has 156 valence electrons. The fourth-order valence-electron chi connectivity index (χ4n) is 3.54. The summed E-state index contributed by atoms with van der Waals surface area (Å²) in [5.74, 6) is -0.00660. The number of oxazole rings is 1. The zero-order chi connectivity index (χ0) is 21.9. The SMILES string of the molecule is Cc1[nH]c2c(-c3ccccc3)c(C(F)(F)F)nn2c(=O)c1-c1nc2c(Br)cccc2o1. The Balaban J connectivity index is 1.84. The maximum Gasteiger partial charge on any atom is 0.435 e. The van der Waals surface area contributed by atoms with Crippen molar-refractivity contribution in [3.05, 3.63) is 74.7 Å². The van der Waals surface area contributed by atoms with Crippen LogP contribution in [0.2, 0.25) is 0 Å². The summed E-state index contributed by atoms with van der Waals surface area (Å²) in [4.78, 5) is 20.5. The number of nitrogens with zero attached hydrogens (tertiary/aromatic N) is 3. The van der Waals surface area contributed by atoms with Crippen molar-refractivity contribution >= 4 is 32.7 Å². The molecular weight excluding hydrogens is 477 g/mol. The molecule has 0 spiro atoms. The van der Waals surface area contributed by atoms with Crippen molar-refractivity contribution in [1.29, 1.82) is 0 Å². The average molecular weight is 489 g/mol. The molecule has 0 aliphatic heterocycles. The van der Waals surface area contributed by atoms with Gasteiger partial charge in [0.25, 0.3) is 5.56 Å². The van der Waals surface area contributed by atoms with Crippen molar-refractivity contribution in [2.75, 3.05) is 0 Å². The van der Waals surface area contributed by atoms with Gasteiger partial charge in [0, 0.05) is 10.2 Å². The number of H-pyrrole nitrogens is 1. The van der Waals surface area contributed by atoms with E-state index >= 15 is 0 Å². The van der Waals surface area contributed by atoms with Crippen molar-refractivity contribution < 1.29 is 17.6 Å². The van der Waals surface area contributed by atoms with Crippen LogP contribution >= 0.6 is 15.9 Å². The van der Waals surface area contributed by atoms with E-state index in [1.165, 1.54) is 12.1 Å². The lowest BCUT2D eigenvalue weighted by atomic mass is 10.1. The largest absolute Gasteiger partial charge is 0.436 e. The number of para-hydroxylation sites is 1. The minimum absolute atomic E-state index is 0.00596. The second kappa shape index (κ2) is 6.81. The molecule has 0 saturated carbocycles. The molecule has 0 bridgehead atoms. The molecule has 0 amide bonds. The predicted molar refractivity (Wildman–Crippen MR) is 112 cm³/mol. The van der Waals surface area contributed by atoms with Crippen molar-refractivity contribution in [1.82, 2.24) is 19.6 Å². The third-order valence-corrected chi connectivity index (χ3v) is 5.53. The summed E-state index contributed by atoms with van der Waals surface area (Å²) < 4.78 is 48.4. The molecule has 0 atom stereocenters. The Labute approximate surface area is 180 Å². The van der Waals surface area contributed by atoms with Gasteiger partial charge in [-0.25, -0.2) is 4.98 Å². The van der Waals surface area contributed by atoms with Gasteiger partial charge in [0.15, 0.2) is 11.3 Å². The van der Waals surface area contributed by atoms with Gasteiger partial charge in [-0.05, 0) is 40.5 Å². The van der Waals surface area contributed by atoms with Crippen molar-refractivity contribution in [2.45, 2.75) is 13.1 Å². The highest BCUT2D eigenvalue weighted by Gasteiger charge is 2.39. The molecule has 3 heterocycles. The summed E-state index contributed by atoms with van der Waals surface area (Å²) in [7, 11) is 0. The molecule has 6 nitrogen and oxygen atoms in total. The number of benzene rings is 2. The first-order valence-corrected chi connectivity index (χ1v) is 9.88. The molecule has 5 rings (SSSR count). The molecular formula is C21H12BrF3N4O2. The van der Waals surface area contributed by atoms with Crippen LogP contribution in [0.1, 0.15) is 11.4 Å². The van der Waals surface area contributed by atoms with Gasteiger partial charge in [0.2, 0.25) is 5.89 Å². The van der Waals surface area contributed by atoms with Crippen LogP contribution in [-0.4, -0.2) is 19.6 Å². The summed E-state index contributed by atoms with van der Waals surface area (Å²) in [5, 5.41) is 3.63. The number of fused-ring (bicyclic) bond motifs is 2. The lowest BCUT2D eigenvalue weighted by molar-refractivity contribution is -0.140. The number of hydrogen-bond acceptors (Lipinski definition) is 4. The van der Waals surface area contributed by atoms with Crippen LogP contribution < -0.4 is 5.56 Å². The van der Waals surface area contributed by atoms with Gasteiger partial charge in [0.1, 0.15) is 16.7 Å². The topological polar surface area (TPSA) is 76.2 Å². The number of aromatic nitrogens is 4. The van der Waals surface area contributed by atoms with E-state index in [1.807, 2.05) is 0 Å². The van der Waals surface area contributed by atoms with E-state index in [0.29, 0.717) is 26.8 Å². The normalized spacial score (nSPS) is 12.2. The van der Waals surface area contributed by atoms with Crippen LogP contribution in [0.4, 0.5) is 13.2 Å². The monoisotopic (exact) mass is 488 g/mol. The van der Waals surface area contributed by atoms with Gasteiger partial charge in [-0.15, -0.1) is 0 Å². The Morgan fingerprint density at radius 2 is 1.81 bits per heavy atom. The molecule has 0 aliphatic rings. The van der Waals surface area contributed by atoms with E-state index in [-0.39, 0.29) is 22.7 Å². The number of nitrogens with one attached hydrogen (secondary N) is 1. The second-order valence-corrected chi connectivity index (χ2v) is 7.74. The van der Waals surface area contributed by atoms with Crippen LogP contribution in [0, 0.1) is 6.92 Å². The van der Waals surface area contributed by atoms with Crippen molar-refractivity contribution in [3.8, 4) is 22.6 Å². The number of hydrogen-bond donors (Lipinski definition) is 1. The smallest absolute Gasteiger partial charge is 0.435 e. The third kappa shape index (κ3) is 3.05. The molecule has 5 aromatic rings. The van der Waals surface area contributed by atoms with Crippen molar-refractivity contribution in [2.24, 2.45) is 0 Å². The molecule has 10 heteroatoms. The standard InChI is InChI=1S/C21H12BrF3N4O2/c1-10-14(19-27-16-12(22)8-5-9-13(16)31-19)20(30)29-18(26-10)15(11-6-3-2-4-7-11)17(28-29)21(23,24)25/h2-9,26H,1H3. The lowest BCUT2D eigenvalue weighted by Gasteiger charge is -2.07. The Kier molecular flexibility index (Phi) is 4.30. The third-order valence-electron chi connectivity index (χ3n) is 4.89. The zero-order valence-electron chi connectivity index (χ0n) is 15.8. The number of rotatable bonds is 2. The Bertz CT molecular complexity index is 1520. The van der Waals surface area contributed by atoms with E-state index < -0.39 is 17.4 Å². The Morgan fingerprint density at radius 1 is 1.06 bits per heavy atom. The average Bonchev–Trinajstić information content (AvgIpc) is 3.31. The first-order chi connectivity index (χ1) is 14.8. The van der Waals surface area contributed by atoms with Gasteiger partial charge >= 0.3 is 6.18 Å². The predicted octanol–water partition coefficient (Wildman–Crippen LogP) is 5.59. The molecule has 1 N–H and O–H groups in total. The van der Waals surface area contributed by atoms with E-state index in [9.17, 15) is 18.0 Å². The first-order valence-electron chi connectivity index (χ1n) is 9.09. The van der Waals surface area contributed by atoms with Crippen LogP contribution in [0.3, 0.4) is 0 Å². The summed E-state index contributed by atoms with van der Waals surface area (Å²) in [6.45, 7) is 1.58. The van der Waals surface area contributed by atoms with Gasteiger partial charge in [0.05, 0.1) is 5.56 Å². The fourth-order valence-corrected chi connectivity index (χ4v) is 3.97. The molecule has 2 aromatic carbocycles. The highest BCUT2D eigenvalue weighted by Crippen LogP contribution is 2.38. The summed E-state index contributed by atoms with van der Waals surface area (Å²) >= 11 is 3.37. The quantitative estimate of drug-likeness (QED) is 0.351. The van der Waals surface area contributed by atoms with E-state index in [1.54, 1.807) is 43.3 Å². The second-order valence-electron chi connectivity index (χ2n) is 6.88. The molecule has 0 aliphatic carbocycles. The molecule has 0 fully saturated rings. The summed E-state index contributed by atoms with van der Waals surface area (Å²) in [6.07, 6.45) is -4.76. The van der Waals surface area contributed by atoms with Crippen LogP contribution in [0.25, 0.3) is 39.3 Å². The Hall–Kier alpha value is -3.40. The van der Waals surface area contributed by atoms with Gasteiger partial charge in [-0.2, -0.15) is 22.8 Å². The Morgan fingerprint density at radius 3 is 2.48 bits per heavy atom. The molecule has 0 unspecified atom stereocenters. The zero-order valence-corrected chi connectivity index (χ0v) is 17.4. The van der Waals surface area contributed by atoms with Crippen LogP contribution in [0.5, 0.6) is 0 Å². The minimum atomic E-state index is -4.76. The van der Waals surface area contributed by atoms with E-state index in [4.69, 9.17) is 4.42 Å².